The molecule has 180 valence electrons. The number of anilines is 1. The molecule has 1 N–H and O–H groups in total. The highest BCUT2D eigenvalue weighted by Crippen LogP contribution is 2.26. The molecule has 1 heterocycles. The number of aryl methyl sites for hydroxylation is 1. The van der Waals surface area contributed by atoms with Crippen LogP contribution in [0.1, 0.15) is 34.3 Å². The van der Waals surface area contributed by atoms with E-state index in [1.807, 2.05) is 41.3 Å². The van der Waals surface area contributed by atoms with Gasteiger partial charge in [-0.05, 0) is 54.7 Å². The van der Waals surface area contributed by atoms with Gasteiger partial charge in [0.25, 0.3) is 5.91 Å². The fourth-order valence-corrected chi connectivity index (χ4v) is 4.69. The molecule has 0 bridgehead atoms. The van der Waals surface area contributed by atoms with Gasteiger partial charge in [0, 0.05) is 47.7 Å². The van der Waals surface area contributed by atoms with Gasteiger partial charge in [-0.1, -0.05) is 54.1 Å². The smallest absolute Gasteiger partial charge is 0.254 e. The second kappa shape index (κ2) is 11.2. The molecule has 1 aliphatic carbocycles. The highest BCUT2D eigenvalue weighted by molar-refractivity contribution is 6.31. The van der Waals surface area contributed by atoms with Gasteiger partial charge in [0.2, 0.25) is 6.41 Å². The third kappa shape index (κ3) is 5.72. The van der Waals surface area contributed by atoms with Crippen LogP contribution in [0, 0.1) is 0 Å². The molecule has 35 heavy (non-hydrogen) atoms. The first kappa shape index (κ1) is 24.5. The van der Waals surface area contributed by atoms with Crippen molar-refractivity contribution in [2.24, 2.45) is 0 Å². The molecule has 1 aliphatic heterocycles. The van der Waals surface area contributed by atoms with E-state index < -0.39 is 0 Å². The lowest BCUT2D eigenvalue weighted by Gasteiger charge is -2.23. The van der Waals surface area contributed by atoms with Gasteiger partial charge in [-0.15, -0.1) is 0 Å². The summed E-state index contributed by atoms with van der Waals surface area (Å²) in [7, 11) is 1.75. The predicted molar refractivity (Wildman–Crippen MR) is 138 cm³/mol. The minimum absolute atomic E-state index is 0.152. The number of carbonyl (C=O) groups excluding carboxylic acids is 3. The first-order valence-electron chi connectivity index (χ1n) is 11.7. The summed E-state index contributed by atoms with van der Waals surface area (Å²) in [4.78, 5) is 41.6. The van der Waals surface area contributed by atoms with Crippen molar-refractivity contribution >= 4 is 35.4 Å². The molecular formula is C28H28ClN3O3. The van der Waals surface area contributed by atoms with E-state index in [4.69, 9.17) is 11.6 Å². The molecule has 2 amide bonds. The first-order chi connectivity index (χ1) is 17.0. The molecule has 0 saturated heterocycles. The second-order valence-corrected chi connectivity index (χ2v) is 9.00. The topological polar surface area (TPSA) is 69.7 Å². The van der Waals surface area contributed by atoms with E-state index in [2.05, 4.69) is 17.4 Å². The van der Waals surface area contributed by atoms with Crippen molar-refractivity contribution in [3.63, 3.8) is 0 Å². The van der Waals surface area contributed by atoms with Crippen molar-refractivity contribution in [3.05, 3.63) is 99.8 Å². The number of rotatable bonds is 7. The number of ketones is 1. The molecule has 0 aromatic heterocycles. The number of Topliss-reactive ketones (excluding diaryl/α,β-unsaturated/α-hetero) is 1. The number of hydrogen-bond donors (Lipinski definition) is 1. The van der Waals surface area contributed by atoms with Crippen LogP contribution in [0.3, 0.4) is 0 Å². The largest absolute Gasteiger partial charge is 0.388 e. The lowest BCUT2D eigenvalue weighted by Crippen LogP contribution is -2.32. The van der Waals surface area contributed by atoms with E-state index >= 15 is 0 Å². The summed E-state index contributed by atoms with van der Waals surface area (Å²) in [6.45, 7) is 0.986. The van der Waals surface area contributed by atoms with Crippen molar-refractivity contribution in [1.29, 1.82) is 0 Å². The van der Waals surface area contributed by atoms with Crippen molar-refractivity contribution in [2.45, 2.75) is 25.8 Å². The number of nitrogens with one attached hydrogen (secondary N) is 1. The standard InChI is InChI=1S/C28H28ClN3O3/c1-30-26-12-4-2-3-11-25(26)27(34)18-32(19-33)24-15-22(14-23(29)16-24)28(35)31-13-7-10-20-8-5-6-9-21(20)17-31/h2,4-6,8-9,11-12,14-16,19,30H,3,7,10,13,17-18H2,1H3. The maximum Gasteiger partial charge on any atom is 0.254 e. The number of amides is 2. The number of hydrogen-bond acceptors (Lipinski definition) is 4. The quantitative estimate of drug-likeness (QED) is 0.583. The summed E-state index contributed by atoms with van der Waals surface area (Å²) in [5.41, 5.74) is 4.41. The van der Waals surface area contributed by atoms with E-state index in [-0.39, 0.29) is 18.2 Å². The number of nitrogens with zero attached hydrogens (tertiary/aromatic N) is 2. The first-order valence-corrected chi connectivity index (χ1v) is 12.0. The zero-order valence-corrected chi connectivity index (χ0v) is 20.4. The molecule has 2 aliphatic rings. The van der Waals surface area contributed by atoms with E-state index in [0.29, 0.717) is 53.5 Å². The molecule has 0 saturated carbocycles. The predicted octanol–water partition coefficient (Wildman–Crippen LogP) is 4.45. The number of likely N-dealkylation sites (N-methyl/N-ethyl adjacent to an activating group) is 1. The maximum atomic E-state index is 13.4. The number of fused-ring (bicyclic) bond motifs is 1. The van der Waals surface area contributed by atoms with Crippen molar-refractivity contribution in [2.75, 3.05) is 25.0 Å². The summed E-state index contributed by atoms with van der Waals surface area (Å²) < 4.78 is 0. The van der Waals surface area contributed by atoms with Gasteiger partial charge in [-0.3, -0.25) is 14.4 Å². The summed E-state index contributed by atoms with van der Waals surface area (Å²) in [6.07, 6.45) is 10.5. The number of carbonyl (C=O) groups is 3. The third-order valence-corrected chi connectivity index (χ3v) is 6.48. The maximum absolute atomic E-state index is 13.4. The Morgan fingerprint density at radius 3 is 2.74 bits per heavy atom. The molecule has 7 heteroatoms. The van der Waals surface area contributed by atoms with E-state index in [0.717, 1.165) is 18.4 Å². The lowest BCUT2D eigenvalue weighted by molar-refractivity contribution is -0.116. The number of allylic oxidation sites excluding steroid dienone is 5. The summed E-state index contributed by atoms with van der Waals surface area (Å²) >= 11 is 6.36. The zero-order chi connectivity index (χ0) is 24.8. The molecule has 0 atom stereocenters. The summed E-state index contributed by atoms with van der Waals surface area (Å²) in [5.74, 6) is -0.362. The average Bonchev–Trinajstić information content (AvgIpc) is 3.24. The zero-order valence-electron chi connectivity index (χ0n) is 19.7. The van der Waals surface area contributed by atoms with Gasteiger partial charge in [0.15, 0.2) is 5.78 Å². The van der Waals surface area contributed by atoms with Crippen LogP contribution in [-0.2, 0) is 22.6 Å². The van der Waals surface area contributed by atoms with Gasteiger partial charge in [-0.25, -0.2) is 0 Å². The second-order valence-electron chi connectivity index (χ2n) is 8.57. The number of halogens is 1. The summed E-state index contributed by atoms with van der Waals surface area (Å²) in [5, 5.41) is 3.36. The minimum Gasteiger partial charge on any atom is -0.388 e. The average molecular weight is 490 g/mol. The highest BCUT2D eigenvalue weighted by atomic mass is 35.5. The minimum atomic E-state index is -0.210. The van der Waals surface area contributed by atoms with Crippen molar-refractivity contribution in [1.82, 2.24) is 10.2 Å². The van der Waals surface area contributed by atoms with Crippen LogP contribution >= 0.6 is 11.6 Å². The van der Waals surface area contributed by atoms with Crippen LogP contribution in [0.15, 0.2) is 78.0 Å². The van der Waals surface area contributed by atoms with Crippen molar-refractivity contribution < 1.29 is 14.4 Å². The van der Waals surface area contributed by atoms with Crippen molar-refractivity contribution in [3.8, 4) is 0 Å². The Morgan fingerprint density at radius 1 is 1.17 bits per heavy atom. The molecule has 4 rings (SSSR count). The summed E-state index contributed by atoms with van der Waals surface area (Å²) in [6, 6.07) is 13.0. The Labute approximate surface area is 210 Å². The van der Waals surface area contributed by atoms with Gasteiger partial charge in [0.05, 0.1) is 6.54 Å². The van der Waals surface area contributed by atoms with Gasteiger partial charge >= 0.3 is 0 Å². The van der Waals surface area contributed by atoms with Crippen LogP contribution in [0.2, 0.25) is 5.02 Å². The SMILES string of the molecule is CNC1=CC=CCC=C1C(=O)CN(C=O)c1cc(Cl)cc(C(=O)N2CCCc3ccccc3C2)c1. The molecule has 2 aromatic rings. The van der Waals surface area contributed by atoms with Crippen LogP contribution in [-0.4, -0.2) is 43.1 Å². The molecule has 0 spiro atoms. The van der Waals surface area contributed by atoms with Gasteiger partial charge in [0.1, 0.15) is 0 Å². The fraction of sp³-hybridized carbons (Fsp3) is 0.250. The van der Waals surface area contributed by atoms with Gasteiger partial charge < -0.3 is 15.1 Å². The molecular weight excluding hydrogens is 462 g/mol. The van der Waals surface area contributed by atoms with E-state index in [1.54, 1.807) is 25.2 Å². The Balaban J connectivity index is 1.56. The van der Waals surface area contributed by atoms with Crippen LogP contribution < -0.4 is 10.2 Å². The lowest BCUT2D eigenvalue weighted by atomic mass is 10.0. The normalized spacial score (nSPS) is 15.2. The van der Waals surface area contributed by atoms with E-state index in [9.17, 15) is 14.4 Å². The molecule has 0 fully saturated rings. The van der Waals surface area contributed by atoms with Gasteiger partial charge in [-0.2, -0.15) is 0 Å². The number of benzene rings is 2. The molecule has 0 radical (unpaired) electrons. The Kier molecular flexibility index (Phi) is 7.83. The van der Waals surface area contributed by atoms with E-state index in [1.165, 1.54) is 10.5 Å². The third-order valence-electron chi connectivity index (χ3n) is 6.26. The monoisotopic (exact) mass is 489 g/mol. The Morgan fingerprint density at radius 2 is 1.97 bits per heavy atom. The Hall–Kier alpha value is -3.64. The molecule has 2 aromatic carbocycles. The van der Waals surface area contributed by atoms with Crippen LogP contribution in [0.5, 0.6) is 0 Å². The fourth-order valence-electron chi connectivity index (χ4n) is 4.46. The Bertz CT molecular complexity index is 1230. The van der Waals surface area contributed by atoms with Crippen LogP contribution in [0.25, 0.3) is 0 Å². The molecule has 0 unspecified atom stereocenters. The molecule has 6 nitrogen and oxygen atoms in total. The highest BCUT2D eigenvalue weighted by Gasteiger charge is 2.23. The van der Waals surface area contributed by atoms with Crippen LogP contribution in [0.4, 0.5) is 5.69 Å².